The van der Waals surface area contributed by atoms with Crippen LogP contribution in [0.15, 0.2) is 48.9 Å². The zero-order valence-corrected chi connectivity index (χ0v) is 27.3. The second kappa shape index (κ2) is 12.7. The van der Waals surface area contributed by atoms with Crippen LogP contribution in [0.5, 0.6) is 0 Å². The van der Waals surface area contributed by atoms with Crippen molar-refractivity contribution in [2.75, 3.05) is 48.9 Å². The molecular formula is C32H34F3N7O5S. The van der Waals surface area contributed by atoms with Gasteiger partial charge in [-0.3, -0.25) is 9.52 Å². The van der Waals surface area contributed by atoms with E-state index in [0.29, 0.717) is 48.8 Å². The molecule has 6 rings (SSSR count). The molecule has 1 aromatic carbocycles. The minimum atomic E-state index is -4.35. The predicted octanol–water partition coefficient (Wildman–Crippen LogP) is 4.89. The van der Waals surface area contributed by atoms with E-state index < -0.39 is 50.7 Å². The van der Waals surface area contributed by atoms with Crippen LogP contribution in [0.25, 0.3) is 22.2 Å². The van der Waals surface area contributed by atoms with Crippen molar-refractivity contribution in [2.45, 2.75) is 39.0 Å². The zero-order valence-electron chi connectivity index (χ0n) is 26.5. The highest BCUT2D eigenvalue weighted by atomic mass is 32.2. The van der Waals surface area contributed by atoms with Crippen LogP contribution in [0.2, 0.25) is 0 Å². The maximum absolute atomic E-state index is 15.6. The first-order valence-electron chi connectivity index (χ1n) is 15.3. The molecule has 2 N–H and O–H groups in total. The molecule has 0 radical (unpaired) electrons. The van der Waals surface area contributed by atoms with E-state index in [-0.39, 0.29) is 36.6 Å². The van der Waals surface area contributed by atoms with Crippen LogP contribution in [-0.4, -0.2) is 95.5 Å². The second-order valence-electron chi connectivity index (χ2n) is 12.6. The van der Waals surface area contributed by atoms with Gasteiger partial charge >= 0.3 is 16.3 Å². The average molecular weight is 686 g/mol. The van der Waals surface area contributed by atoms with E-state index in [9.17, 15) is 26.8 Å². The third-order valence-electron chi connectivity index (χ3n) is 8.10. The fourth-order valence-corrected chi connectivity index (χ4v) is 6.89. The summed E-state index contributed by atoms with van der Waals surface area (Å²) in [7, 11) is -4.35. The quantitative estimate of drug-likeness (QED) is 0.262. The van der Waals surface area contributed by atoms with Gasteiger partial charge in [0.1, 0.15) is 29.1 Å². The average Bonchev–Trinajstić information content (AvgIpc) is 3.68. The van der Waals surface area contributed by atoms with Crippen molar-refractivity contribution >= 4 is 44.6 Å². The molecule has 5 heterocycles. The SMILES string of the molecule is CC(C)(C)OC(=O)N1CCN(c2ccc(-c3cnc4[nH]cc(C(=O)c5c(F)ccc(NS(=O)(=O)N6CC[C@@H](F)C6)c5F)c4c3)cn2)CC1. The minimum absolute atomic E-state index is 0.00201. The van der Waals surface area contributed by atoms with Gasteiger partial charge in [-0.25, -0.2) is 27.9 Å². The number of nitrogens with one attached hydrogen (secondary N) is 2. The third kappa shape index (κ3) is 6.80. The Balaban J connectivity index is 1.20. The molecule has 48 heavy (non-hydrogen) atoms. The number of ketones is 1. The van der Waals surface area contributed by atoms with Gasteiger partial charge in [0.25, 0.3) is 0 Å². The van der Waals surface area contributed by atoms with Gasteiger partial charge in [0.05, 0.1) is 11.3 Å². The van der Waals surface area contributed by atoms with E-state index in [4.69, 9.17) is 4.74 Å². The second-order valence-corrected chi connectivity index (χ2v) is 14.3. The first kappa shape index (κ1) is 33.2. The summed E-state index contributed by atoms with van der Waals surface area (Å²) in [6.45, 7) is 7.09. The standard InChI is InChI=1S/C32H34F3N7O5S/c1-32(2,3)47-31(44)41-12-10-40(11-13-41)26-7-4-19(15-36-26)20-14-22-23(17-38-30(22)37-16-20)29(43)27-24(34)5-6-25(28(27)35)39-48(45,46)42-9-8-21(33)18-42/h4-7,14-17,21,39H,8-13,18H2,1-3H3,(H,37,38)/t21-/m1/s1. The lowest BCUT2D eigenvalue weighted by atomic mass is 10.00. The number of hydrogen-bond acceptors (Lipinski definition) is 8. The van der Waals surface area contributed by atoms with Crippen molar-refractivity contribution in [2.24, 2.45) is 0 Å². The van der Waals surface area contributed by atoms with Crippen LogP contribution in [0, 0.1) is 11.6 Å². The Labute approximate surface area is 275 Å². The van der Waals surface area contributed by atoms with E-state index in [0.717, 1.165) is 16.4 Å². The molecule has 1 atom stereocenters. The summed E-state index contributed by atoms with van der Waals surface area (Å²) in [6, 6.07) is 6.97. The number of H-pyrrole nitrogens is 1. The summed E-state index contributed by atoms with van der Waals surface area (Å²) < 4.78 is 77.8. The van der Waals surface area contributed by atoms with Gasteiger partial charge in [-0.1, -0.05) is 0 Å². The van der Waals surface area contributed by atoms with Crippen LogP contribution in [0.4, 0.5) is 29.5 Å². The Bertz CT molecular complexity index is 1970. The number of hydrogen-bond donors (Lipinski definition) is 2. The van der Waals surface area contributed by atoms with Crippen molar-refractivity contribution in [3.05, 3.63) is 71.7 Å². The molecule has 2 aliphatic heterocycles. The van der Waals surface area contributed by atoms with Crippen LogP contribution in [0.3, 0.4) is 0 Å². The van der Waals surface area contributed by atoms with Gasteiger partial charge in [0.2, 0.25) is 5.78 Å². The summed E-state index contributed by atoms with van der Waals surface area (Å²) in [5.74, 6) is -2.90. The lowest BCUT2D eigenvalue weighted by molar-refractivity contribution is 0.0240. The van der Waals surface area contributed by atoms with Crippen molar-refractivity contribution in [3.8, 4) is 11.1 Å². The molecule has 0 saturated carbocycles. The monoisotopic (exact) mass is 685 g/mol. The molecule has 0 bridgehead atoms. The van der Waals surface area contributed by atoms with Crippen LogP contribution in [-0.2, 0) is 14.9 Å². The molecular weight excluding hydrogens is 651 g/mol. The smallest absolute Gasteiger partial charge is 0.410 e. The lowest BCUT2D eigenvalue weighted by Crippen LogP contribution is -2.50. The van der Waals surface area contributed by atoms with E-state index in [2.05, 4.69) is 19.9 Å². The number of fused-ring (bicyclic) bond motifs is 1. The summed E-state index contributed by atoms with van der Waals surface area (Å²) >= 11 is 0. The highest BCUT2D eigenvalue weighted by Gasteiger charge is 2.33. The normalized spacial score (nSPS) is 17.6. The number of anilines is 2. The maximum atomic E-state index is 15.6. The highest BCUT2D eigenvalue weighted by Crippen LogP contribution is 2.31. The van der Waals surface area contributed by atoms with Crippen LogP contribution in [0.1, 0.15) is 43.1 Å². The number of halogens is 3. The van der Waals surface area contributed by atoms with Crippen molar-refractivity contribution in [3.63, 3.8) is 0 Å². The topological polar surface area (TPSA) is 141 Å². The summed E-state index contributed by atoms with van der Waals surface area (Å²) in [5, 5.41) is 0.288. The van der Waals surface area contributed by atoms with Gasteiger partial charge in [0, 0.05) is 79.9 Å². The number of rotatable bonds is 7. The minimum Gasteiger partial charge on any atom is -0.444 e. The number of amides is 1. The lowest BCUT2D eigenvalue weighted by Gasteiger charge is -2.36. The summed E-state index contributed by atoms with van der Waals surface area (Å²) in [6.07, 6.45) is 2.80. The predicted molar refractivity (Wildman–Crippen MR) is 173 cm³/mol. The molecule has 2 saturated heterocycles. The first-order valence-corrected chi connectivity index (χ1v) is 16.8. The molecule has 16 heteroatoms. The Morgan fingerprint density at radius 2 is 1.73 bits per heavy atom. The van der Waals surface area contributed by atoms with Gasteiger partial charge in [-0.05, 0) is 57.5 Å². The van der Waals surface area contributed by atoms with Crippen molar-refractivity contribution in [1.29, 1.82) is 0 Å². The Morgan fingerprint density at radius 1 is 1.00 bits per heavy atom. The van der Waals surface area contributed by atoms with E-state index in [1.165, 1.54) is 6.20 Å². The molecule has 12 nitrogen and oxygen atoms in total. The molecule has 2 fully saturated rings. The fourth-order valence-electron chi connectivity index (χ4n) is 5.62. The molecule has 1 amide bonds. The number of pyridine rings is 2. The summed E-state index contributed by atoms with van der Waals surface area (Å²) in [4.78, 5) is 41.5. The fraction of sp³-hybridized carbons (Fsp3) is 0.375. The molecule has 2 aliphatic rings. The molecule has 0 spiro atoms. The van der Waals surface area contributed by atoms with Gasteiger partial charge in [0.15, 0.2) is 5.82 Å². The Kier molecular flexibility index (Phi) is 8.80. The number of alkyl halides is 1. The number of nitrogens with zero attached hydrogens (tertiary/aromatic N) is 5. The number of ether oxygens (including phenoxy) is 1. The van der Waals surface area contributed by atoms with Gasteiger partial charge in [-0.15, -0.1) is 0 Å². The number of piperazine rings is 1. The molecule has 4 aromatic rings. The number of benzene rings is 1. The Hall–Kier alpha value is -4.70. The van der Waals surface area contributed by atoms with Crippen molar-refractivity contribution in [1.82, 2.24) is 24.2 Å². The van der Waals surface area contributed by atoms with Crippen LogP contribution < -0.4 is 9.62 Å². The molecule has 254 valence electrons. The highest BCUT2D eigenvalue weighted by molar-refractivity contribution is 7.90. The van der Waals surface area contributed by atoms with Crippen molar-refractivity contribution < 1.29 is 35.9 Å². The number of carbonyl (C=O) groups excluding carboxylic acids is 2. The summed E-state index contributed by atoms with van der Waals surface area (Å²) in [5.41, 5.74) is -0.696. The van der Waals surface area contributed by atoms with E-state index in [1.54, 1.807) is 23.4 Å². The largest absolute Gasteiger partial charge is 0.444 e. The molecule has 0 unspecified atom stereocenters. The maximum Gasteiger partial charge on any atom is 0.410 e. The van der Waals surface area contributed by atoms with Gasteiger partial charge in [-0.2, -0.15) is 12.7 Å². The molecule has 3 aromatic heterocycles. The van der Waals surface area contributed by atoms with E-state index in [1.807, 2.05) is 37.6 Å². The zero-order chi connectivity index (χ0) is 34.4. The number of carbonyl (C=O) groups is 2. The Morgan fingerprint density at radius 3 is 2.38 bits per heavy atom. The third-order valence-corrected chi connectivity index (χ3v) is 9.59. The van der Waals surface area contributed by atoms with Crippen LogP contribution >= 0.6 is 0 Å². The number of aromatic nitrogens is 3. The first-order chi connectivity index (χ1) is 22.7. The number of aromatic amines is 1. The van der Waals surface area contributed by atoms with Gasteiger partial charge < -0.3 is 19.5 Å². The molecule has 0 aliphatic carbocycles. The van der Waals surface area contributed by atoms with E-state index >= 15 is 4.39 Å².